The van der Waals surface area contributed by atoms with Gasteiger partial charge in [-0.25, -0.2) is 4.39 Å². The van der Waals surface area contributed by atoms with Gasteiger partial charge in [0, 0.05) is 11.0 Å². The van der Waals surface area contributed by atoms with Crippen LogP contribution in [0, 0.1) is 5.82 Å². The van der Waals surface area contributed by atoms with Crippen LogP contribution in [0.3, 0.4) is 0 Å². The monoisotopic (exact) mass is 539 g/mol. The van der Waals surface area contributed by atoms with Crippen molar-refractivity contribution in [2.45, 2.75) is 31.6 Å². The first-order chi connectivity index (χ1) is 15.3. The number of nitrogens with one attached hydrogen (secondary N) is 2. The predicted octanol–water partition coefficient (Wildman–Crippen LogP) is 5.07. The maximum absolute atomic E-state index is 13.9. The number of carbonyl (C=O) groups excluding carboxylic acids is 2. The minimum absolute atomic E-state index is 0.0218. The minimum Gasteiger partial charge on any atom is -0.342 e. The molecule has 2 N–H and O–H groups in total. The molecule has 1 atom stereocenters. The predicted molar refractivity (Wildman–Crippen MR) is 126 cm³/mol. The molecule has 7 nitrogen and oxygen atoms in total. The van der Waals surface area contributed by atoms with Gasteiger partial charge < -0.3 is 15.2 Å². The maximum atomic E-state index is 13.9. The molecule has 0 unspecified atom stereocenters. The van der Waals surface area contributed by atoms with Crippen molar-refractivity contribution in [3.8, 4) is 0 Å². The van der Waals surface area contributed by atoms with Gasteiger partial charge in [-0.2, -0.15) is 0 Å². The first-order valence-electron chi connectivity index (χ1n) is 9.66. The number of thioether (sulfide) groups is 1. The van der Waals surface area contributed by atoms with Gasteiger partial charge in [-0.05, 0) is 44.2 Å². The summed E-state index contributed by atoms with van der Waals surface area (Å²) >= 11 is 10.4. The van der Waals surface area contributed by atoms with E-state index in [4.69, 9.17) is 11.6 Å². The van der Waals surface area contributed by atoms with Crippen LogP contribution in [-0.2, 0) is 11.3 Å². The van der Waals surface area contributed by atoms with E-state index in [0.29, 0.717) is 32.6 Å². The molecule has 0 bridgehead atoms. The molecule has 0 saturated carbocycles. The third-order valence-corrected chi connectivity index (χ3v) is 6.24. The first kappa shape index (κ1) is 24.2. The number of rotatable bonds is 8. The largest absolute Gasteiger partial charge is 0.342 e. The van der Waals surface area contributed by atoms with Crippen LogP contribution < -0.4 is 10.6 Å². The van der Waals surface area contributed by atoms with Gasteiger partial charge in [-0.1, -0.05) is 51.4 Å². The van der Waals surface area contributed by atoms with Crippen molar-refractivity contribution >= 4 is 56.8 Å². The third kappa shape index (κ3) is 5.87. The zero-order valence-electron chi connectivity index (χ0n) is 17.2. The Morgan fingerprint density at radius 2 is 2.00 bits per heavy atom. The molecule has 1 aromatic heterocycles. The average Bonchev–Trinajstić information content (AvgIpc) is 3.17. The molecular formula is C21H20BrClFN5O2S. The van der Waals surface area contributed by atoms with Crippen LogP contribution in [0.4, 0.5) is 10.1 Å². The fourth-order valence-corrected chi connectivity index (χ4v) is 4.28. The number of amides is 2. The SMILES string of the molecule is CCn1c(SCC(=O)Nc2ccc(Br)cc2F)nnc1[C@@H](C)NC(=O)c1ccccc1Cl. The zero-order valence-corrected chi connectivity index (χ0v) is 20.4. The summed E-state index contributed by atoms with van der Waals surface area (Å²) in [4.78, 5) is 24.8. The summed E-state index contributed by atoms with van der Waals surface area (Å²) in [6.07, 6.45) is 0. The number of benzene rings is 2. The topological polar surface area (TPSA) is 88.9 Å². The Balaban J connectivity index is 1.64. The summed E-state index contributed by atoms with van der Waals surface area (Å²) in [5.74, 6) is -0.648. The number of anilines is 1. The van der Waals surface area contributed by atoms with E-state index in [9.17, 15) is 14.0 Å². The average molecular weight is 541 g/mol. The lowest BCUT2D eigenvalue weighted by Gasteiger charge is -2.15. The fourth-order valence-electron chi connectivity index (χ4n) is 2.92. The molecule has 0 aliphatic rings. The van der Waals surface area contributed by atoms with Crippen LogP contribution in [0.25, 0.3) is 0 Å². The first-order valence-corrected chi connectivity index (χ1v) is 11.8. The Morgan fingerprint density at radius 3 is 2.69 bits per heavy atom. The molecule has 2 aromatic carbocycles. The molecule has 0 radical (unpaired) electrons. The second-order valence-electron chi connectivity index (χ2n) is 6.72. The van der Waals surface area contributed by atoms with Gasteiger partial charge in [0.2, 0.25) is 5.91 Å². The summed E-state index contributed by atoms with van der Waals surface area (Å²) in [7, 11) is 0. The fraction of sp³-hybridized carbons (Fsp3) is 0.238. The molecule has 11 heteroatoms. The highest BCUT2D eigenvalue weighted by Gasteiger charge is 2.21. The molecule has 168 valence electrons. The number of nitrogens with zero attached hydrogens (tertiary/aromatic N) is 3. The molecular weight excluding hydrogens is 521 g/mol. The van der Waals surface area contributed by atoms with Crippen LogP contribution >= 0.6 is 39.3 Å². The van der Waals surface area contributed by atoms with Crippen molar-refractivity contribution in [2.75, 3.05) is 11.1 Å². The Labute approximate surface area is 202 Å². The Morgan fingerprint density at radius 1 is 1.25 bits per heavy atom. The van der Waals surface area contributed by atoms with Crippen LogP contribution in [-0.4, -0.2) is 32.3 Å². The zero-order chi connectivity index (χ0) is 23.3. The number of aromatic nitrogens is 3. The second-order valence-corrected chi connectivity index (χ2v) is 8.99. The third-order valence-electron chi connectivity index (χ3n) is 4.45. The highest BCUT2D eigenvalue weighted by Crippen LogP contribution is 2.23. The van der Waals surface area contributed by atoms with Gasteiger partial charge in [0.05, 0.1) is 28.1 Å². The molecule has 3 rings (SSSR count). The molecule has 3 aromatic rings. The van der Waals surface area contributed by atoms with Crippen molar-refractivity contribution < 1.29 is 14.0 Å². The van der Waals surface area contributed by atoms with E-state index >= 15 is 0 Å². The highest BCUT2D eigenvalue weighted by molar-refractivity contribution is 9.10. The van der Waals surface area contributed by atoms with E-state index < -0.39 is 11.9 Å². The summed E-state index contributed by atoms with van der Waals surface area (Å²) < 4.78 is 16.3. The van der Waals surface area contributed by atoms with E-state index in [-0.39, 0.29) is 23.3 Å². The number of carbonyl (C=O) groups is 2. The number of hydrogen-bond donors (Lipinski definition) is 2. The van der Waals surface area contributed by atoms with Gasteiger partial charge in [0.15, 0.2) is 11.0 Å². The van der Waals surface area contributed by atoms with Crippen LogP contribution in [0.5, 0.6) is 0 Å². The summed E-state index contributed by atoms with van der Waals surface area (Å²) in [5, 5.41) is 14.6. The normalized spacial score (nSPS) is 11.8. The van der Waals surface area contributed by atoms with Crippen LogP contribution in [0.1, 0.15) is 36.1 Å². The van der Waals surface area contributed by atoms with E-state index in [1.807, 2.05) is 11.5 Å². The molecule has 0 spiro atoms. The lowest BCUT2D eigenvalue weighted by molar-refractivity contribution is -0.113. The number of hydrogen-bond acceptors (Lipinski definition) is 5. The number of halogens is 3. The van der Waals surface area contributed by atoms with Crippen LogP contribution in [0.2, 0.25) is 5.02 Å². The highest BCUT2D eigenvalue weighted by atomic mass is 79.9. The van der Waals surface area contributed by atoms with E-state index in [0.717, 1.165) is 0 Å². The van der Waals surface area contributed by atoms with Crippen molar-refractivity contribution in [2.24, 2.45) is 0 Å². The minimum atomic E-state index is -0.528. The van der Waals surface area contributed by atoms with Crippen molar-refractivity contribution in [1.82, 2.24) is 20.1 Å². The van der Waals surface area contributed by atoms with Crippen molar-refractivity contribution in [3.63, 3.8) is 0 Å². The summed E-state index contributed by atoms with van der Waals surface area (Å²) in [6, 6.07) is 10.7. The van der Waals surface area contributed by atoms with Gasteiger partial charge in [0.25, 0.3) is 5.91 Å². The summed E-state index contributed by atoms with van der Waals surface area (Å²) in [6.45, 7) is 4.25. The molecule has 32 heavy (non-hydrogen) atoms. The lowest BCUT2D eigenvalue weighted by atomic mass is 10.2. The molecule has 0 aliphatic heterocycles. The van der Waals surface area contributed by atoms with Gasteiger partial charge >= 0.3 is 0 Å². The lowest BCUT2D eigenvalue weighted by Crippen LogP contribution is -2.29. The quantitative estimate of drug-likeness (QED) is 0.389. The van der Waals surface area contributed by atoms with Gasteiger partial charge in [-0.15, -0.1) is 10.2 Å². The van der Waals surface area contributed by atoms with Gasteiger partial charge in [0.1, 0.15) is 5.82 Å². The van der Waals surface area contributed by atoms with Crippen molar-refractivity contribution in [3.05, 3.63) is 69.2 Å². The Bertz CT molecular complexity index is 1140. The van der Waals surface area contributed by atoms with Gasteiger partial charge in [-0.3, -0.25) is 9.59 Å². The molecule has 2 amide bonds. The standard InChI is InChI=1S/C21H20BrClFN5O2S/c1-3-29-19(12(2)25-20(31)14-6-4-5-7-15(14)23)27-28-21(29)32-11-18(30)26-17-9-8-13(22)10-16(17)24/h4-10,12H,3,11H2,1-2H3,(H,25,31)(H,26,30)/t12-/m1/s1. The van der Waals surface area contributed by atoms with Crippen LogP contribution in [0.15, 0.2) is 52.1 Å². The molecule has 1 heterocycles. The maximum Gasteiger partial charge on any atom is 0.253 e. The van der Waals surface area contributed by atoms with E-state index in [2.05, 4.69) is 36.8 Å². The Kier molecular flexibility index (Phi) is 8.27. The second kappa shape index (κ2) is 10.9. The van der Waals surface area contributed by atoms with Crippen molar-refractivity contribution in [1.29, 1.82) is 0 Å². The molecule has 0 fully saturated rings. The Hall–Kier alpha value is -2.43. The van der Waals surface area contributed by atoms with E-state index in [1.165, 1.54) is 23.9 Å². The smallest absolute Gasteiger partial charge is 0.253 e. The summed E-state index contributed by atoms with van der Waals surface area (Å²) in [5.41, 5.74) is 0.474. The molecule has 0 aliphatic carbocycles. The van der Waals surface area contributed by atoms with E-state index in [1.54, 1.807) is 37.3 Å². The molecule has 0 saturated heterocycles.